The van der Waals surface area contributed by atoms with Crippen molar-refractivity contribution in [1.82, 2.24) is 9.97 Å². The van der Waals surface area contributed by atoms with Crippen molar-refractivity contribution in [1.29, 1.82) is 0 Å². The summed E-state index contributed by atoms with van der Waals surface area (Å²) in [7, 11) is 1.78. The number of fused-ring (bicyclic) bond motifs is 2. The zero-order valence-corrected chi connectivity index (χ0v) is 15.3. The van der Waals surface area contributed by atoms with Gasteiger partial charge >= 0.3 is 0 Å². The first-order valence-corrected chi connectivity index (χ1v) is 8.93. The topological polar surface area (TPSA) is 49.3 Å². The second-order valence-electron chi connectivity index (χ2n) is 6.34. The van der Waals surface area contributed by atoms with Crippen molar-refractivity contribution in [3.8, 4) is 0 Å². The molecule has 1 aliphatic heterocycles. The van der Waals surface area contributed by atoms with E-state index < -0.39 is 0 Å². The lowest BCUT2D eigenvalue weighted by Gasteiger charge is -2.22. The Morgan fingerprint density at radius 1 is 0.963 bits per heavy atom. The maximum atomic E-state index is 13.1. The molecule has 2 aromatic heterocycles. The number of rotatable bonds is 3. The number of pyridine rings is 2. The molecule has 0 spiro atoms. The second-order valence-corrected chi connectivity index (χ2v) is 6.34. The quantitative estimate of drug-likeness (QED) is 0.698. The Morgan fingerprint density at radius 3 is 2.52 bits per heavy atom. The Morgan fingerprint density at radius 2 is 1.74 bits per heavy atom. The molecule has 3 aromatic rings. The van der Waals surface area contributed by atoms with E-state index in [1.807, 2.05) is 72.5 Å². The summed E-state index contributed by atoms with van der Waals surface area (Å²) in [5, 5.41) is 0. The van der Waals surface area contributed by atoms with E-state index >= 15 is 0 Å². The first-order chi connectivity index (χ1) is 13.2. The minimum atomic E-state index is -0.0855. The monoisotopic (exact) mass is 356 g/mol. The van der Waals surface area contributed by atoms with E-state index in [1.54, 1.807) is 24.3 Å². The number of amides is 1. The Balaban J connectivity index is 1.79. The molecule has 0 saturated heterocycles. The van der Waals surface area contributed by atoms with Crippen LogP contribution >= 0.6 is 0 Å². The van der Waals surface area contributed by atoms with Crippen LogP contribution in [-0.4, -0.2) is 29.5 Å². The fourth-order valence-corrected chi connectivity index (χ4v) is 3.24. The van der Waals surface area contributed by atoms with Gasteiger partial charge in [0.25, 0.3) is 5.91 Å². The molecule has 0 bridgehead atoms. The summed E-state index contributed by atoms with van der Waals surface area (Å²) in [6.45, 7) is 2.70. The van der Waals surface area contributed by atoms with E-state index in [-0.39, 0.29) is 5.91 Å². The van der Waals surface area contributed by atoms with Crippen LogP contribution in [0.25, 0.3) is 12.2 Å². The van der Waals surface area contributed by atoms with Gasteiger partial charge in [-0.25, -0.2) is 9.97 Å². The zero-order chi connectivity index (χ0) is 18.8. The molecular formula is C22H20N4O. The van der Waals surface area contributed by atoms with Gasteiger partial charge in [0.15, 0.2) is 5.82 Å². The molecule has 5 nitrogen and oxygen atoms in total. The van der Waals surface area contributed by atoms with Gasteiger partial charge in [0.2, 0.25) is 0 Å². The third kappa shape index (κ3) is 3.08. The van der Waals surface area contributed by atoms with Gasteiger partial charge in [0.05, 0.1) is 11.3 Å². The summed E-state index contributed by atoms with van der Waals surface area (Å²) in [4.78, 5) is 25.8. The molecule has 3 heterocycles. The first kappa shape index (κ1) is 17.0. The van der Waals surface area contributed by atoms with Gasteiger partial charge in [-0.1, -0.05) is 42.5 Å². The highest BCUT2D eigenvalue weighted by Gasteiger charge is 2.30. The van der Waals surface area contributed by atoms with Crippen molar-refractivity contribution in [2.24, 2.45) is 0 Å². The highest BCUT2D eigenvalue weighted by atomic mass is 16.2. The predicted octanol–water partition coefficient (Wildman–Crippen LogP) is 4.40. The van der Waals surface area contributed by atoms with Crippen LogP contribution in [0.4, 0.5) is 17.3 Å². The van der Waals surface area contributed by atoms with Crippen LogP contribution in [0.5, 0.6) is 0 Å². The molecule has 4 rings (SSSR count). The van der Waals surface area contributed by atoms with Gasteiger partial charge in [-0.05, 0) is 36.2 Å². The number of aromatic nitrogens is 2. The van der Waals surface area contributed by atoms with Crippen LogP contribution in [-0.2, 0) is 0 Å². The summed E-state index contributed by atoms with van der Waals surface area (Å²) in [6, 6.07) is 15.7. The van der Waals surface area contributed by atoms with Crippen LogP contribution < -0.4 is 9.80 Å². The molecule has 0 unspecified atom stereocenters. The first-order valence-electron chi connectivity index (χ1n) is 8.93. The molecule has 0 aliphatic carbocycles. The average Bonchev–Trinajstić information content (AvgIpc) is 2.81. The van der Waals surface area contributed by atoms with Crippen LogP contribution in [0, 0.1) is 0 Å². The van der Waals surface area contributed by atoms with E-state index in [0.29, 0.717) is 17.9 Å². The Bertz CT molecular complexity index is 1010. The molecule has 0 atom stereocenters. The lowest BCUT2D eigenvalue weighted by atomic mass is 10.1. The minimum absolute atomic E-state index is 0.0855. The molecule has 27 heavy (non-hydrogen) atoms. The van der Waals surface area contributed by atoms with Crippen molar-refractivity contribution in [2.45, 2.75) is 6.92 Å². The third-order valence-corrected chi connectivity index (χ3v) is 4.65. The highest BCUT2D eigenvalue weighted by molar-refractivity contribution is 6.12. The maximum Gasteiger partial charge on any atom is 0.261 e. The second kappa shape index (κ2) is 7.03. The number of benzene rings is 1. The van der Waals surface area contributed by atoms with Crippen molar-refractivity contribution >= 4 is 35.4 Å². The fraction of sp³-hybridized carbons (Fsp3) is 0.136. The van der Waals surface area contributed by atoms with E-state index in [2.05, 4.69) is 9.97 Å². The molecule has 1 aliphatic rings. The number of anilines is 3. The van der Waals surface area contributed by atoms with Gasteiger partial charge in [-0.3, -0.25) is 4.79 Å². The predicted molar refractivity (Wildman–Crippen MR) is 109 cm³/mol. The standard InChI is InChI=1S/C22H20N4O/c1-3-26-20-18(22(27)25(2)19-10-7-13-23-21(19)26)14-17(15-24-20)12-11-16-8-5-4-6-9-16/h4-15H,3H2,1-2H3/b12-11-. The Labute approximate surface area is 158 Å². The lowest BCUT2D eigenvalue weighted by Crippen LogP contribution is -2.25. The van der Waals surface area contributed by atoms with Crippen molar-refractivity contribution in [3.05, 3.63) is 77.6 Å². The SMILES string of the molecule is CCN1c2ncc(/C=C\c3ccccc3)cc2C(=O)N(C)c2cccnc21. The number of carbonyl (C=O) groups excluding carboxylic acids is 1. The summed E-state index contributed by atoms with van der Waals surface area (Å²) >= 11 is 0. The number of carbonyl (C=O) groups is 1. The van der Waals surface area contributed by atoms with E-state index in [4.69, 9.17) is 0 Å². The van der Waals surface area contributed by atoms with Gasteiger partial charge < -0.3 is 9.80 Å². The molecule has 134 valence electrons. The molecule has 5 heteroatoms. The van der Waals surface area contributed by atoms with Crippen molar-refractivity contribution in [3.63, 3.8) is 0 Å². The molecule has 0 N–H and O–H groups in total. The molecule has 1 amide bonds. The average molecular weight is 356 g/mol. The van der Waals surface area contributed by atoms with Crippen LogP contribution in [0.2, 0.25) is 0 Å². The molecule has 0 radical (unpaired) electrons. The molecular weight excluding hydrogens is 336 g/mol. The number of hydrogen-bond donors (Lipinski definition) is 0. The Hall–Kier alpha value is -3.47. The fourth-order valence-electron chi connectivity index (χ4n) is 3.24. The van der Waals surface area contributed by atoms with Crippen LogP contribution in [0.3, 0.4) is 0 Å². The molecule has 1 aromatic carbocycles. The summed E-state index contributed by atoms with van der Waals surface area (Å²) in [6.07, 6.45) is 7.52. The minimum Gasteiger partial charge on any atom is -0.309 e. The smallest absolute Gasteiger partial charge is 0.261 e. The Kier molecular flexibility index (Phi) is 4.42. The molecule has 0 fully saturated rings. The molecule has 0 saturated carbocycles. The van der Waals surface area contributed by atoms with E-state index in [9.17, 15) is 4.79 Å². The van der Waals surface area contributed by atoms with Crippen molar-refractivity contribution in [2.75, 3.05) is 23.4 Å². The van der Waals surface area contributed by atoms with E-state index in [0.717, 1.165) is 22.6 Å². The van der Waals surface area contributed by atoms with Gasteiger partial charge in [0.1, 0.15) is 5.82 Å². The van der Waals surface area contributed by atoms with Gasteiger partial charge in [-0.15, -0.1) is 0 Å². The van der Waals surface area contributed by atoms with Crippen LogP contribution in [0.1, 0.15) is 28.4 Å². The summed E-state index contributed by atoms with van der Waals surface area (Å²) in [5.74, 6) is 1.30. The maximum absolute atomic E-state index is 13.1. The zero-order valence-electron chi connectivity index (χ0n) is 15.3. The summed E-state index contributed by atoms with van der Waals surface area (Å²) < 4.78 is 0. The lowest BCUT2D eigenvalue weighted by molar-refractivity contribution is 0.0994. The third-order valence-electron chi connectivity index (χ3n) is 4.65. The highest BCUT2D eigenvalue weighted by Crippen LogP contribution is 2.37. The van der Waals surface area contributed by atoms with E-state index in [1.165, 1.54) is 0 Å². The summed E-state index contributed by atoms with van der Waals surface area (Å²) in [5.41, 5.74) is 3.34. The van der Waals surface area contributed by atoms with Crippen LogP contribution in [0.15, 0.2) is 60.9 Å². The largest absolute Gasteiger partial charge is 0.309 e. The normalized spacial score (nSPS) is 13.5. The van der Waals surface area contributed by atoms with Gasteiger partial charge in [0, 0.05) is 26.0 Å². The van der Waals surface area contributed by atoms with Gasteiger partial charge in [-0.2, -0.15) is 0 Å². The van der Waals surface area contributed by atoms with Crippen molar-refractivity contribution < 1.29 is 4.79 Å². The number of hydrogen-bond acceptors (Lipinski definition) is 4. The number of nitrogens with zero attached hydrogens (tertiary/aromatic N) is 4.